The molecule has 27 heavy (non-hydrogen) atoms. The van der Waals surface area contributed by atoms with Crippen LogP contribution in [0.25, 0.3) is 10.2 Å². The summed E-state index contributed by atoms with van der Waals surface area (Å²) in [6.07, 6.45) is 3.40. The summed E-state index contributed by atoms with van der Waals surface area (Å²) in [6, 6.07) is 0. The van der Waals surface area contributed by atoms with Gasteiger partial charge in [0, 0.05) is 16.7 Å². The van der Waals surface area contributed by atoms with Gasteiger partial charge < -0.3 is 9.72 Å². The molecule has 0 spiro atoms. The number of hydrogen-bond donors (Lipinski definition) is 1. The SMILES string of the molecule is Cc1sc2nc([C@H](C)OC(=O)C3C[C@H]4CCC[C@@H](C3)C4=O)[nH]c(=O)c2c1C. The molecule has 2 aromatic rings. The summed E-state index contributed by atoms with van der Waals surface area (Å²) in [5.41, 5.74) is 0.746. The molecule has 1 unspecified atom stereocenters. The van der Waals surface area contributed by atoms with Crippen LogP contribution in [-0.2, 0) is 14.3 Å². The Kier molecular flexibility index (Phi) is 4.66. The first-order valence-corrected chi connectivity index (χ1v) is 10.4. The van der Waals surface area contributed by atoms with Crippen LogP contribution in [0.3, 0.4) is 0 Å². The molecule has 1 N–H and O–H groups in total. The molecule has 7 heteroatoms. The molecule has 2 aliphatic carbocycles. The smallest absolute Gasteiger partial charge is 0.309 e. The van der Waals surface area contributed by atoms with Gasteiger partial charge in [-0.2, -0.15) is 0 Å². The van der Waals surface area contributed by atoms with Crippen LogP contribution in [0.15, 0.2) is 4.79 Å². The molecule has 0 amide bonds. The van der Waals surface area contributed by atoms with E-state index < -0.39 is 6.10 Å². The predicted octanol–water partition coefficient (Wildman–Crippen LogP) is 3.60. The average Bonchev–Trinajstić information content (AvgIpc) is 2.89. The van der Waals surface area contributed by atoms with Crippen molar-refractivity contribution in [1.29, 1.82) is 0 Å². The molecule has 2 bridgehead atoms. The van der Waals surface area contributed by atoms with Gasteiger partial charge in [0.15, 0.2) is 11.9 Å². The third kappa shape index (κ3) is 3.22. The highest BCUT2D eigenvalue weighted by atomic mass is 32.1. The summed E-state index contributed by atoms with van der Waals surface area (Å²) >= 11 is 1.47. The highest BCUT2D eigenvalue weighted by Gasteiger charge is 2.42. The van der Waals surface area contributed by atoms with Crippen molar-refractivity contribution in [3.63, 3.8) is 0 Å². The molecule has 0 saturated heterocycles. The number of aromatic nitrogens is 2. The molecule has 144 valence electrons. The number of Topliss-reactive ketones (excluding diaryl/α,β-unsaturated/α-hetero) is 1. The summed E-state index contributed by atoms with van der Waals surface area (Å²) in [6.45, 7) is 5.60. The average molecular weight is 388 g/mol. The second-order valence-electron chi connectivity index (χ2n) is 7.89. The molecule has 0 radical (unpaired) electrons. The minimum absolute atomic E-state index is 0.0108. The van der Waals surface area contributed by atoms with Crippen molar-refractivity contribution < 1.29 is 14.3 Å². The van der Waals surface area contributed by atoms with Crippen LogP contribution in [0.4, 0.5) is 0 Å². The maximum Gasteiger partial charge on any atom is 0.309 e. The highest BCUT2D eigenvalue weighted by molar-refractivity contribution is 7.18. The summed E-state index contributed by atoms with van der Waals surface area (Å²) < 4.78 is 5.64. The number of hydrogen-bond acceptors (Lipinski definition) is 6. The monoisotopic (exact) mass is 388 g/mol. The first kappa shape index (κ1) is 18.3. The Hall–Kier alpha value is -2.02. The first-order chi connectivity index (χ1) is 12.8. The number of esters is 1. The van der Waals surface area contributed by atoms with Crippen molar-refractivity contribution in [2.75, 3.05) is 0 Å². The summed E-state index contributed by atoms with van der Waals surface area (Å²) in [5, 5.41) is 0.610. The molecular formula is C20H24N2O4S. The standard InChI is InChI=1S/C20H24N2O4S/c1-9-11(3)27-19-15(9)18(24)21-17(22-19)10(2)26-20(25)14-7-12-5-4-6-13(8-14)16(12)23/h10,12-14H,4-8H2,1-3H3,(H,21,22,24)/t10-,12-,13+,14?/m0/s1. The van der Waals surface area contributed by atoms with Gasteiger partial charge in [-0.15, -0.1) is 11.3 Å². The number of carbonyl (C=O) groups excluding carboxylic acids is 2. The van der Waals surface area contributed by atoms with Gasteiger partial charge in [0.05, 0.1) is 11.3 Å². The molecule has 0 aromatic carbocycles. The number of nitrogens with zero attached hydrogens (tertiary/aromatic N) is 1. The van der Waals surface area contributed by atoms with E-state index in [-0.39, 0.29) is 29.3 Å². The van der Waals surface area contributed by atoms with Gasteiger partial charge in [-0.3, -0.25) is 14.4 Å². The topological polar surface area (TPSA) is 89.1 Å². The lowest BCUT2D eigenvalue weighted by atomic mass is 9.67. The molecule has 4 rings (SSSR count). The van der Waals surface area contributed by atoms with Gasteiger partial charge in [-0.25, -0.2) is 4.98 Å². The van der Waals surface area contributed by atoms with Crippen LogP contribution in [-0.4, -0.2) is 21.7 Å². The quantitative estimate of drug-likeness (QED) is 0.812. The van der Waals surface area contributed by atoms with Gasteiger partial charge in [0.2, 0.25) is 0 Å². The van der Waals surface area contributed by atoms with Crippen molar-refractivity contribution in [2.24, 2.45) is 17.8 Å². The molecule has 6 nitrogen and oxygen atoms in total. The second kappa shape index (κ2) is 6.86. The number of fused-ring (bicyclic) bond motifs is 3. The van der Waals surface area contributed by atoms with Crippen molar-refractivity contribution in [3.05, 3.63) is 26.6 Å². The molecule has 2 aliphatic rings. The van der Waals surface area contributed by atoms with E-state index in [1.165, 1.54) is 11.3 Å². The van der Waals surface area contributed by atoms with E-state index >= 15 is 0 Å². The zero-order valence-electron chi connectivity index (χ0n) is 15.8. The van der Waals surface area contributed by atoms with E-state index in [0.717, 1.165) is 29.7 Å². The Balaban J connectivity index is 1.51. The summed E-state index contributed by atoms with van der Waals surface area (Å²) in [5.74, 6) is 0.205. The fraction of sp³-hybridized carbons (Fsp3) is 0.600. The molecule has 2 fully saturated rings. The highest BCUT2D eigenvalue weighted by Crippen LogP contribution is 2.41. The minimum Gasteiger partial charge on any atom is -0.454 e. The Morgan fingerprint density at radius 3 is 2.56 bits per heavy atom. The van der Waals surface area contributed by atoms with Crippen LogP contribution in [0.5, 0.6) is 0 Å². The van der Waals surface area contributed by atoms with Crippen molar-refractivity contribution in [1.82, 2.24) is 9.97 Å². The predicted molar refractivity (Wildman–Crippen MR) is 103 cm³/mol. The second-order valence-corrected chi connectivity index (χ2v) is 9.09. The zero-order chi connectivity index (χ0) is 19.3. The number of aryl methyl sites for hydroxylation is 2. The molecule has 4 atom stereocenters. The van der Waals surface area contributed by atoms with Crippen LogP contribution >= 0.6 is 11.3 Å². The Labute approximate surface area is 161 Å². The van der Waals surface area contributed by atoms with E-state index in [2.05, 4.69) is 9.97 Å². The maximum absolute atomic E-state index is 12.7. The third-order valence-corrected chi connectivity index (χ3v) is 7.22. The molecule has 2 heterocycles. The van der Waals surface area contributed by atoms with Gasteiger partial charge in [0.1, 0.15) is 10.6 Å². The van der Waals surface area contributed by atoms with Gasteiger partial charge in [-0.1, -0.05) is 6.42 Å². The lowest BCUT2D eigenvalue weighted by Gasteiger charge is -2.36. The molecule has 2 saturated carbocycles. The van der Waals surface area contributed by atoms with E-state index in [4.69, 9.17) is 4.74 Å². The van der Waals surface area contributed by atoms with Gasteiger partial charge >= 0.3 is 5.97 Å². The number of thiophene rings is 1. The number of ketones is 1. The van der Waals surface area contributed by atoms with Crippen molar-refractivity contribution in [3.8, 4) is 0 Å². The molecule has 0 aliphatic heterocycles. The lowest BCUT2D eigenvalue weighted by Crippen LogP contribution is -2.39. The van der Waals surface area contributed by atoms with E-state index in [0.29, 0.717) is 34.7 Å². The normalized spacial score (nSPS) is 26.2. The number of rotatable bonds is 3. The number of ether oxygens (including phenoxy) is 1. The van der Waals surface area contributed by atoms with Crippen LogP contribution in [0.2, 0.25) is 0 Å². The molecule has 2 aromatic heterocycles. The minimum atomic E-state index is -0.630. The Morgan fingerprint density at radius 1 is 1.22 bits per heavy atom. The first-order valence-electron chi connectivity index (χ1n) is 9.59. The van der Waals surface area contributed by atoms with Crippen molar-refractivity contribution in [2.45, 2.75) is 59.0 Å². The third-order valence-electron chi connectivity index (χ3n) is 6.12. The fourth-order valence-corrected chi connectivity index (χ4v) is 5.50. The number of carbonyl (C=O) groups is 2. The van der Waals surface area contributed by atoms with Crippen molar-refractivity contribution >= 4 is 33.3 Å². The van der Waals surface area contributed by atoms with Crippen LogP contribution in [0, 0.1) is 31.6 Å². The van der Waals surface area contributed by atoms with Gasteiger partial charge in [0.25, 0.3) is 5.56 Å². The Bertz CT molecular complexity index is 960. The summed E-state index contributed by atoms with van der Waals surface area (Å²) in [7, 11) is 0. The van der Waals surface area contributed by atoms with Crippen LogP contribution < -0.4 is 5.56 Å². The van der Waals surface area contributed by atoms with Crippen LogP contribution in [0.1, 0.15) is 61.4 Å². The largest absolute Gasteiger partial charge is 0.454 e. The number of aromatic amines is 1. The van der Waals surface area contributed by atoms with E-state index in [9.17, 15) is 14.4 Å². The van der Waals surface area contributed by atoms with E-state index in [1.54, 1.807) is 6.92 Å². The lowest BCUT2D eigenvalue weighted by molar-refractivity contribution is -0.158. The maximum atomic E-state index is 12.7. The van der Waals surface area contributed by atoms with E-state index in [1.807, 2.05) is 13.8 Å². The summed E-state index contributed by atoms with van der Waals surface area (Å²) in [4.78, 5) is 46.3. The molecular weight excluding hydrogens is 364 g/mol. The Morgan fingerprint density at radius 2 is 1.89 bits per heavy atom. The number of H-pyrrole nitrogens is 1. The van der Waals surface area contributed by atoms with Gasteiger partial charge in [-0.05, 0) is 52.0 Å². The number of nitrogens with one attached hydrogen (secondary N) is 1. The fourth-order valence-electron chi connectivity index (χ4n) is 4.46. The zero-order valence-corrected chi connectivity index (χ0v) is 16.6.